The maximum atomic E-state index is 14.8. The highest BCUT2D eigenvalue weighted by molar-refractivity contribution is 8.01. The van der Waals surface area contributed by atoms with Crippen molar-refractivity contribution in [3.05, 3.63) is 166 Å². The van der Waals surface area contributed by atoms with Crippen LogP contribution < -0.4 is 42.8 Å². The van der Waals surface area contributed by atoms with Crippen molar-refractivity contribution in [2.45, 2.75) is 74.5 Å². The molecule has 21 heteroatoms. The third kappa shape index (κ3) is 12.4. The van der Waals surface area contributed by atoms with E-state index in [2.05, 4.69) is 20.8 Å². The van der Waals surface area contributed by atoms with Crippen LogP contribution in [-0.4, -0.2) is 92.7 Å². The fourth-order valence-electron chi connectivity index (χ4n) is 8.13. The molecule has 2 atom stereocenters. The molecule has 8 rings (SSSR count). The minimum absolute atomic E-state index is 0. The summed E-state index contributed by atoms with van der Waals surface area (Å²) in [6.07, 6.45) is 0. The molecule has 1 saturated heterocycles. The normalized spacial score (nSPS) is 15.7. The number of methoxy groups -OCH3 is 2. The van der Waals surface area contributed by atoms with Gasteiger partial charge in [-0.2, -0.15) is 4.57 Å². The molecule has 0 aliphatic carbocycles. The van der Waals surface area contributed by atoms with Gasteiger partial charge in [-0.1, -0.05) is 108 Å². The number of amides is 2. The molecule has 0 saturated carbocycles. The van der Waals surface area contributed by atoms with E-state index in [-0.39, 0.29) is 47.7 Å². The van der Waals surface area contributed by atoms with E-state index in [4.69, 9.17) is 34.5 Å². The van der Waals surface area contributed by atoms with E-state index in [1.54, 1.807) is 75.2 Å². The fourth-order valence-corrected chi connectivity index (χ4v) is 11.3. The summed E-state index contributed by atoms with van der Waals surface area (Å²) >= 11 is 3.91. The molecule has 0 radical (unpaired) electrons. The van der Waals surface area contributed by atoms with Gasteiger partial charge in [0.25, 0.3) is 17.7 Å². The zero-order valence-corrected chi connectivity index (χ0v) is 45.7. The Bertz CT molecular complexity index is 2990. The molecule has 4 aromatic carbocycles. The number of benzene rings is 4. The molecule has 75 heavy (non-hydrogen) atoms. The van der Waals surface area contributed by atoms with E-state index in [1.807, 2.05) is 91.0 Å². The largest absolute Gasteiger partial charge is 1.00 e. The molecule has 1 fully saturated rings. The number of esters is 2. The number of rotatable bonds is 19. The summed E-state index contributed by atoms with van der Waals surface area (Å²) in [4.78, 5) is 73.6. The number of oxime groups is 1. The minimum atomic E-state index is -1.66. The van der Waals surface area contributed by atoms with E-state index in [1.165, 1.54) is 60.7 Å². The maximum absolute atomic E-state index is 14.8. The number of nitrogen functional groups attached to an aromatic ring is 1. The average molecular weight is 1090 g/mol. The summed E-state index contributed by atoms with van der Waals surface area (Å²) in [5.74, 6) is -0.909. The Balaban J connectivity index is 0.00000820. The number of thiazole rings is 1. The van der Waals surface area contributed by atoms with Crippen molar-refractivity contribution in [1.29, 1.82) is 0 Å². The Morgan fingerprint density at radius 1 is 0.867 bits per heavy atom. The molecule has 2 unspecified atom stereocenters. The van der Waals surface area contributed by atoms with Crippen LogP contribution in [0, 0.1) is 0 Å². The van der Waals surface area contributed by atoms with Crippen molar-refractivity contribution in [3.8, 4) is 11.6 Å². The van der Waals surface area contributed by atoms with Crippen LogP contribution in [-0.2, 0) is 52.7 Å². The number of halogens is 1. The molecular weight excluding hydrogens is 1040 g/mol. The van der Waals surface area contributed by atoms with Crippen LogP contribution in [0.3, 0.4) is 0 Å². The minimum Gasteiger partial charge on any atom is -1.00 e. The van der Waals surface area contributed by atoms with Crippen molar-refractivity contribution in [2.24, 2.45) is 12.2 Å². The molecule has 2 aliphatic rings. The first-order valence-electron chi connectivity index (χ1n) is 23.4. The third-order valence-electron chi connectivity index (χ3n) is 11.9. The molecule has 0 spiro atoms. The summed E-state index contributed by atoms with van der Waals surface area (Å²) in [6.45, 7) is 8.06. The molecule has 4 N–H and O–H groups in total. The molecule has 0 bridgehead atoms. The summed E-state index contributed by atoms with van der Waals surface area (Å²) in [6, 6.07) is 37.4. The Morgan fingerprint density at radius 2 is 1.47 bits per heavy atom. The van der Waals surface area contributed by atoms with Crippen molar-refractivity contribution in [1.82, 2.24) is 20.2 Å². The summed E-state index contributed by atoms with van der Waals surface area (Å²) in [5.41, 5.74) is 6.58. The summed E-state index contributed by atoms with van der Waals surface area (Å²) in [5, 5.41) is 12.8. The van der Waals surface area contributed by atoms with Crippen LogP contribution in [0.5, 0.6) is 11.6 Å². The van der Waals surface area contributed by atoms with Crippen LogP contribution in [0.4, 0.5) is 10.9 Å². The molecule has 392 valence electrons. The lowest BCUT2D eigenvalue weighted by molar-refractivity contribution is -0.717. The fraction of sp³-hybridized carbons (Fsp3) is 0.296. The number of fused-ring (bicyclic) bond motifs is 1. The molecule has 6 aromatic rings. The van der Waals surface area contributed by atoms with Gasteiger partial charge in [-0.05, 0) is 91.3 Å². The van der Waals surface area contributed by atoms with Gasteiger partial charge in [0.15, 0.2) is 10.8 Å². The van der Waals surface area contributed by atoms with Gasteiger partial charge in [0, 0.05) is 16.9 Å². The van der Waals surface area contributed by atoms with Gasteiger partial charge in [0.2, 0.25) is 11.4 Å². The Kier molecular flexibility index (Phi) is 17.5. The van der Waals surface area contributed by atoms with Crippen molar-refractivity contribution < 1.29 is 59.9 Å². The number of hydrogen-bond donors (Lipinski definition) is 3. The quantitative estimate of drug-likeness (QED) is 0.0150. The van der Waals surface area contributed by atoms with Crippen LogP contribution in [0.25, 0.3) is 0 Å². The lowest BCUT2D eigenvalue weighted by Crippen LogP contribution is -3.00. The monoisotopic (exact) mass is 1090 g/mol. The number of nitrogens with two attached hydrogens (primary N) is 1. The number of thioether (sulfide) groups is 2. The van der Waals surface area contributed by atoms with Crippen molar-refractivity contribution in [2.75, 3.05) is 36.8 Å². The van der Waals surface area contributed by atoms with Gasteiger partial charge < -0.3 is 52.6 Å². The predicted molar refractivity (Wildman–Crippen MR) is 284 cm³/mol. The summed E-state index contributed by atoms with van der Waals surface area (Å²) in [7, 11) is 4.87. The van der Waals surface area contributed by atoms with E-state index < -0.39 is 51.9 Å². The highest BCUT2D eigenvalue weighted by Crippen LogP contribution is 2.43. The van der Waals surface area contributed by atoms with Gasteiger partial charge in [-0.25, -0.2) is 14.6 Å². The first kappa shape index (κ1) is 55.6. The van der Waals surface area contributed by atoms with E-state index >= 15 is 0 Å². The van der Waals surface area contributed by atoms with E-state index in [0.29, 0.717) is 38.8 Å². The zero-order chi connectivity index (χ0) is 52.8. The number of nitrogens with one attached hydrogen (secondary N) is 2. The second kappa shape index (κ2) is 23.6. The van der Waals surface area contributed by atoms with Gasteiger partial charge in [-0.15, -0.1) is 23.1 Å². The number of anilines is 2. The second-order valence-corrected chi connectivity index (χ2v) is 21.6. The Morgan fingerprint density at radius 3 is 2.03 bits per heavy atom. The van der Waals surface area contributed by atoms with E-state index in [9.17, 15) is 19.2 Å². The van der Waals surface area contributed by atoms with Crippen molar-refractivity contribution in [3.63, 3.8) is 0 Å². The van der Waals surface area contributed by atoms with Crippen LogP contribution >= 0.6 is 34.9 Å². The topological polar surface area (TPSA) is 210 Å². The SMILES string of the molecule is COc1ccc(COC(=O)C2=C(CSc3nc(N)cc(OC)[n+]3C)CSC3C(NC(=O)/C(=N\OC(C)(C)C(=O)OC(C)(C)C)c4csc(NC(c5ccccc5)(c5ccccc5)c5ccccc5)n4)C(=O)N23)cc1.[Cl-]. The van der Waals surface area contributed by atoms with Crippen LogP contribution in [0.1, 0.15) is 62.6 Å². The molecule has 4 heterocycles. The molecule has 17 nitrogen and oxygen atoms in total. The Labute approximate surface area is 454 Å². The highest BCUT2D eigenvalue weighted by atomic mass is 35.5. The number of ether oxygens (including phenoxy) is 4. The average Bonchev–Trinajstić information content (AvgIpc) is 3.86. The van der Waals surface area contributed by atoms with Crippen LogP contribution in [0.15, 0.2) is 148 Å². The van der Waals surface area contributed by atoms with Gasteiger partial charge in [0.05, 0.1) is 27.3 Å². The molecular formula is C54H57ClN8O9S3. The van der Waals surface area contributed by atoms with Gasteiger partial charge >= 0.3 is 17.1 Å². The third-order valence-corrected chi connectivity index (χ3v) is 15.1. The maximum Gasteiger partial charge on any atom is 0.364 e. The zero-order valence-electron chi connectivity index (χ0n) is 42.5. The molecule has 2 aromatic heterocycles. The lowest BCUT2D eigenvalue weighted by Gasteiger charge is -2.49. The number of carbonyl (C=O) groups excluding carboxylic acids is 4. The standard InChI is InChI=1S/C54H56N8O9S3.ClH/c1-52(2,3)70-49(66)53(4,5)71-60-42(39-32-73-50(56-39)59-54(35-18-12-9-13-19-35,36-20-14-10-15-21-36)37-22-16-11-17-23-37)45(63)58-43-46(64)62-44(48(65)69-29-33-24-26-38(67-7)27-25-33)34(30-72-47(43)62)31-74-51-57-40(55)28-41(68-8)61(51)6;/h9-28,32,43,47,55H,29-31H2,1-8H3,(H2,56,58,59,63);1H/b60-42-;. The lowest BCUT2D eigenvalue weighted by atomic mass is 9.77. The molecule has 2 amide bonds. The second-order valence-electron chi connectivity index (χ2n) is 18.6. The number of hydrogen-bond acceptors (Lipinski definition) is 17. The smallest absolute Gasteiger partial charge is 0.364 e. The molecule has 2 aliphatic heterocycles. The summed E-state index contributed by atoms with van der Waals surface area (Å²) < 4.78 is 24.0. The number of nitrogens with zero attached hydrogens (tertiary/aromatic N) is 5. The number of β-lactam (4-membered cyclic amide) rings is 1. The van der Waals surface area contributed by atoms with E-state index in [0.717, 1.165) is 16.7 Å². The van der Waals surface area contributed by atoms with Gasteiger partial charge in [-0.3, -0.25) is 14.5 Å². The Hall–Kier alpha value is -7.13. The number of aromatic nitrogens is 3. The highest BCUT2D eigenvalue weighted by Gasteiger charge is 2.55. The number of carbonyl (C=O) groups is 4. The van der Waals surface area contributed by atoms with Gasteiger partial charge in [0.1, 0.15) is 46.3 Å². The first-order valence-corrected chi connectivity index (χ1v) is 26.3. The first-order chi connectivity index (χ1) is 35.4. The van der Waals surface area contributed by atoms with Crippen LogP contribution in [0.2, 0.25) is 0 Å². The predicted octanol–water partition coefficient (Wildman–Crippen LogP) is 4.40. The van der Waals surface area contributed by atoms with Crippen molar-refractivity contribution >= 4 is 75.3 Å².